The number of carboxylic acids is 1. The number of carbonyl (C=O) groups excluding carboxylic acids is 1. The molecule has 0 rings (SSSR count). The van der Waals surface area contributed by atoms with Gasteiger partial charge in [-0.25, -0.2) is 9.59 Å². The van der Waals surface area contributed by atoms with Crippen molar-refractivity contribution in [2.24, 2.45) is 0 Å². The fourth-order valence-electron chi connectivity index (χ4n) is 1.19. The van der Waals surface area contributed by atoms with Gasteiger partial charge in [0.25, 0.3) is 0 Å². The zero-order chi connectivity index (χ0) is 13.3. The van der Waals surface area contributed by atoms with Gasteiger partial charge in [-0.15, -0.1) is 0 Å². The van der Waals surface area contributed by atoms with Gasteiger partial charge in [0.05, 0.1) is 6.61 Å². The summed E-state index contributed by atoms with van der Waals surface area (Å²) in [5.41, 5.74) is 0. The van der Waals surface area contributed by atoms with Gasteiger partial charge in [-0.2, -0.15) is 11.8 Å². The Balaban J connectivity index is 4.16. The molecule has 2 unspecified atom stereocenters. The van der Waals surface area contributed by atoms with Crippen molar-refractivity contribution < 1.29 is 19.4 Å². The van der Waals surface area contributed by atoms with Crippen LogP contribution in [0.1, 0.15) is 13.3 Å². The SMILES string of the molecule is CCC(CSC)NC(=O)NC(COC)C(=O)O. The standard InChI is InChI=1S/C10H20N2O4S/c1-4-7(6-17-3)11-10(15)12-8(5-16-2)9(13)14/h7-8H,4-6H2,1-3H3,(H,13,14)(H2,11,12,15). The molecule has 17 heavy (non-hydrogen) atoms. The molecule has 7 heteroatoms. The van der Waals surface area contributed by atoms with E-state index in [4.69, 9.17) is 9.84 Å². The molecule has 0 spiro atoms. The third kappa shape index (κ3) is 7.06. The van der Waals surface area contributed by atoms with Crippen molar-refractivity contribution in [3.63, 3.8) is 0 Å². The zero-order valence-electron chi connectivity index (χ0n) is 10.4. The molecule has 6 nitrogen and oxygen atoms in total. The highest BCUT2D eigenvalue weighted by Crippen LogP contribution is 2.00. The van der Waals surface area contributed by atoms with E-state index in [1.54, 1.807) is 11.8 Å². The van der Waals surface area contributed by atoms with Crippen LogP contribution in [0.3, 0.4) is 0 Å². The average Bonchev–Trinajstić information content (AvgIpc) is 2.27. The van der Waals surface area contributed by atoms with Gasteiger partial charge in [0.1, 0.15) is 0 Å². The van der Waals surface area contributed by atoms with E-state index in [-0.39, 0.29) is 12.6 Å². The van der Waals surface area contributed by atoms with Crippen molar-refractivity contribution in [1.82, 2.24) is 10.6 Å². The van der Waals surface area contributed by atoms with Crippen LogP contribution in [0.15, 0.2) is 0 Å². The lowest BCUT2D eigenvalue weighted by Crippen LogP contribution is -2.51. The summed E-state index contributed by atoms with van der Waals surface area (Å²) < 4.78 is 4.72. The van der Waals surface area contributed by atoms with Crippen molar-refractivity contribution in [1.29, 1.82) is 0 Å². The van der Waals surface area contributed by atoms with E-state index in [2.05, 4.69) is 10.6 Å². The van der Waals surface area contributed by atoms with Crippen molar-refractivity contribution >= 4 is 23.8 Å². The number of nitrogens with one attached hydrogen (secondary N) is 2. The molecule has 0 aliphatic rings. The van der Waals surface area contributed by atoms with Gasteiger partial charge in [-0.05, 0) is 12.7 Å². The summed E-state index contributed by atoms with van der Waals surface area (Å²) in [7, 11) is 1.39. The Labute approximate surface area is 105 Å². The molecule has 0 fully saturated rings. The maximum atomic E-state index is 11.5. The second-order valence-electron chi connectivity index (χ2n) is 3.52. The molecular formula is C10H20N2O4S. The fraction of sp³-hybridized carbons (Fsp3) is 0.800. The molecular weight excluding hydrogens is 244 g/mol. The predicted molar refractivity (Wildman–Crippen MR) is 67.4 cm³/mol. The minimum atomic E-state index is -1.11. The monoisotopic (exact) mass is 264 g/mol. The van der Waals surface area contributed by atoms with Gasteiger partial charge >= 0.3 is 12.0 Å². The first-order valence-electron chi connectivity index (χ1n) is 5.32. The highest BCUT2D eigenvalue weighted by molar-refractivity contribution is 7.98. The zero-order valence-corrected chi connectivity index (χ0v) is 11.2. The molecule has 3 N–H and O–H groups in total. The molecule has 100 valence electrons. The number of urea groups is 1. The first kappa shape index (κ1) is 16.1. The quantitative estimate of drug-likeness (QED) is 0.595. The third-order valence-corrected chi connectivity index (χ3v) is 2.87. The van der Waals surface area contributed by atoms with Crippen LogP contribution in [0.2, 0.25) is 0 Å². The van der Waals surface area contributed by atoms with Crippen LogP contribution in [0.25, 0.3) is 0 Å². The van der Waals surface area contributed by atoms with Crippen LogP contribution < -0.4 is 10.6 Å². The second kappa shape index (κ2) is 9.12. The number of hydrogen-bond acceptors (Lipinski definition) is 4. The molecule has 2 amide bonds. The molecule has 0 radical (unpaired) electrons. The maximum Gasteiger partial charge on any atom is 0.328 e. The Morgan fingerprint density at radius 1 is 1.41 bits per heavy atom. The summed E-state index contributed by atoms with van der Waals surface area (Å²) in [6, 6.07) is -1.45. The number of aliphatic carboxylic acids is 1. The van der Waals surface area contributed by atoms with Crippen molar-refractivity contribution in [3.05, 3.63) is 0 Å². The van der Waals surface area contributed by atoms with E-state index in [9.17, 15) is 9.59 Å². The van der Waals surface area contributed by atoms with Crippen LogP contribution in [0, 0.1) is 0 Å². The topological polar surface area (TPSA) is 87.7 Å². The van der Waals surface area contributed by atoms with Gasteiger partial charge in [-0.3, -0.25) is 0 Å². The van der Waals surface area contributed by atoms with Crippen LogP contribution in [-0.2, 0) is 9.53 Å². The van der Waals surface area contributed by atoms with Gasteiger partial charge < -0.3 is 20.5 Å². The summed E-state index contributed by atoms with van der Waals surface area (Å²) in [6.07, 6.45) is 2.75. The minimum absolute atomic E-state index is 0.0435. The van der Waals surface area contributed by atoms with Crippen LogP contribution in [0.4, 0.5) is 4.79 Å². The Morgan fingerprint density at radius 3 is 2.47 bits per heavy atom. The molecule has 0 bridgehead atoms. The number of carboxylic acid groups (broad SMARTS) is 1. The molecule has 0 saturated carbocycles. The summed E-state index contributed by atoms with van der Waals surface area (Å²) in [5, 5.41) is 13.9. The molecule has 0 heterocycles. The highest BCUT2D eigenvalue weighted by atomic mass is 32.2. The predicted octanol–water partition coefficient (Wildman–Crippen LogP) is 0.527. The number of ether oxygens (including phenoxy) is 1. The van der Waals surface area contributed by atoms with Crippen LogP contribution >= 0.6 is 11.8 Å². The number of carbonyl (C=O) groups is 2. The van der Waals surface area contributed by atoms with Crippen molar-refractivity contribution in [3.8, 4) is 0 Å². The Hall–Kier alpha value is -0.950. The number of hydrogen-bond donors (Lipinski definition) is 3. The average molecular weight is 264 g/mol. The molecule has 0 saturated heterocycles. The highest BCUT2D eigenvalue weighted by Gasteiger charge is 2.20. The number of methoxy groups -OCH3 is 1. The molecule has 0 aliphatic heterocycles. The summed E-state index contributed by atoms with van der Waals surface area (Å²) in [6.45, 7) is 1.91. The largest absolute Gasteiger partial charge is 0.480 e. The number of rotatable bonds is 8. The Morgan fingerprint density at radius 2 is 2.06 bits per heavy atom. The van der Waals surface area contributed by atoms with Crippen molar-refractivity contribution in [2.45, 2.75) is 25.4 Å². The molecule has 0 aromatic rings. The molecule has 0 aromatic heterocycles. The first-order valence-corrected chi connectivity index (χ1v) is 6.72. The van der Waals surface area contributed by atoms with Crippen LogP contribution in [-0.4, -0.2) is 54.9 Å². The molecule has 0 aromatic carbocycles. The van der Waals surface area contributed by atoms with E-state index < -0.39 is 18.0 Å². The van der Waals surface area contributed by atoms with E-state index >= 15 is 0 Å². The summed E-state index contributed by atoms with van der Waals surface area (Å²) in [5.74, 6) is -0.314. The minimum Gasteiger partial charge on any atom is -0.480 e. The smallest absolute Gasteiger partial charge is 0.328 e. The first-order chi connectivity index (χ1) is 8.04. The summed E-state index contributed by atoms with van der Waals surface area (Å²) in [4.78, 5) is 22.3. The van der Waals surface area contributed by atoms with Gasteiger partial charge in [-0.1, -0.05) is 6.92 Å². The third-order valence-electron chi connectivity index (χ3n) is 2.13. The lowest BCUT2D eigenvalue weighted by molar-refractivity contribution is -0.140. The lowest BCUT2D eigenvalue weighted by atomic mass is 10.2. The van der Waals surface area contributed by atoms with E-state index in [1.165, 1.54) is 7.11 Å². The van der Waals surface area contributed by atoms with Gasteiger partial charge in [0.2, 0.25) is 0 Å². The maximum absolute atomic E-state index is 11.5. The van der Waals surface area contributed by atoms with Gasteiger partial charge in [0, 0.05) is 18.9 Å². The van der Waals surface area contributed by atoms with Crippen LogP contribution in [0.5, 0.6) is 0 Å². The van der Waals surface area contributed by atoms with Gasteiger partial charge in [0.15, 0.2) is 6.04 Å². The van der Waals surface area contributed by atoms with Crippen molar-refractivity contribution in [2.75, 3.05) is 25.7 Å². The Kier molecular flexibility index (Phi) is 8.61. The van der Waals surface area contributed by atoms with E-state index in [1.807, 2.05) is 13.2 Å². The lowest BCUT2D eigenvalue weighted by Gasteiger charge is -2.19. The fourth-order valence-corrected chi connectivity index (χ4v) is 1.91. The van der Waals surface area contributed by atoms with E-state index in [0.717, 1.165) is 12.2 Å². The normalized spacial score (nSPS) is 13.8. The number of amides is 2. The Bertz CT molecular complexity index is 250. The second-order valence-corrected chi connectivity index (χ2v) is 4.44. The summed E-state index contributed by atoms with van der Waals surface area (Å²) >= 11 is 1.63. The number of thioether (sulfide) groups is 1. The molecule has 2 atom stereocenters. The molecule has 0 aliphatic carbocycles. The van der Waals surface area contributed by atoms with E-state index in [0.29, 0.717) is 0 Å².